The van der Waals surface area contributed by atoms with E-state index in [1.807, 2.05) is 0 Å². The Bertz CT molecular complexity index is 978. The Morgan fingerprint density at radius 1 is 1.19 bits per heavy atom. The van der Waals surface area contributed by atoms with E-state index in [-0.39, 0.29) is 23.1 Å². The van der Waals surface area contributed by atoms with Crippen LogP contribution in [-0.4, -0.2) is 32.5 Å². The number of aromatic nitrogens is 2. The Morgan fingerprint density at radius 3 is 2.58 bits per heavy atom. The first-order valence-corrected chi connectivity index (χ1v) is 9.10. The number of aliphatic hydroxyl groups is 1. The monoisotopic (exact) mass is 352 g/mol. The molecule has 2 unspecified atom stereocenters. The van der Waals surface area contributed by atoms with E-state index in [9.17, 15) is 14.7 Å². The van der Waals surface area contributed by atoms with Gasteiger partial charge in [-0.2, -0.15) is 10.2 Å². The topological polar surface area (TPSA) is 107 Å². The molecule has 0 spiro atoms. The van der Waals surface area contributed by atoms with E-state index >= 15 is 0 Å². The molecule has 0 aliphatic heterocycles. The van der Waals surface area contributed by atoms with Crippen molar-refractivity contribution in [1.29, 1.82) is 0 Å². The van der Waals surface area contributed by atoms with Crippen LogP contribution in [0.5, 0.6) is 0 Å². The van der Waals surface area contributed by atoms with Crippen LogP contribution in [0.3, 0.4) is 0 Å². The van der Waals surface area contributed by atoms with Crippen molar-refractivity contribution >= 4 is 22.4 Å². The molecule has 134 valence electrons. The van der Waals surface area contributed by atoms with Crippen LogP contribution >= 0.6 is 0 Å². The molecule has 1 aromatic heterocycles. The van der Waals surface area contributed by atoms with Crippen molar-refractivity contribution in [3.05, 3.63) is 40.3 Å². The molecule has 7 heteroatoms. The second kappa shape index (κ2) is 5.48. The van der Waals surface area contributed by atoms with Gasteiger partial charge in [-0.1, -0.05) is 18.2 Å². The lowest BCUT2D eigenvalue weighted by Crippen LogP contribution is -2.55. The van der Waals surface area contributed by atoms with Crippen molar-refractivity contribution in [2.75, 3.05) is 0 Å². The van der Waals surface area contributed by atoms with Crippen LogP contribution in [-0.2, 0) is 0 Å². The van der Waals surface area contributed by atoms with Gasteiger partial charge in [0.25, 0.3) is 11.5 Å². The van der Waals surface area contributed by atoms with Gasteiger partial charge in [0.05, 0.1) is 11.0 Å². The average molecular weight is 352 g/mol. The third-order valence-electron chi connectivity index (χ3n) is 6.19. The quantitative estimate of drug-likeness (QED) is 0.713. The zero-order valence-corrected chi connectivity index (χ0v) is 14.2. The van der Waals surface area contributed by atoms with Crippen LogP contribution < -0.4 is 11.0 Å². The Morgan fingerprint density at radius 2 is 1.88 bits per heavy atom. The third-order valence-corrected chi connectivity index (χ3v) is 6.19. The first kappa shape index (κ1) is 15.7. The summed E-state index contributed by atoms with van der Waals surface area (Å²) in [5, 5.41) is 22.3. The van der Waals surface area contributed by atoms with Crippen LogP contribution in [0, 0.1) is 17.8 Å². The summed E-state index contributed by atoms with van der Waals surface area (Å²) >= 11 is 0. The number of hydrazone groups is 1. The normalized spacial score (nSPS) is 33.7. The highest BCUT2D eigenvalue weighted by Crippen LogP contribution is 2.54. The lowest BCUT2D eigenvalue weighted by Gasteiger charge is -2.54. The lowest BCUT2D eigenvalue weighted by atomic mass is 9.53. The smallest absolute Gasteiger partial charge is 0.292 e. The summed E-state index contributed by atoms with van der Waals surface area (Å²) in [5.41, 5.74) is 2.95. The van der Waals surface area contributed by atoms with E-state index in [1.54, 1.807) is 24.3 Å². The summed E-state index contributed by atoms with van der Waals surface area (Å²) < 4.78 is 0. The molecule has 4 atom stereocenters. The Balaban J connectivity index is 1.43. The number of H-pyrrole nitrogens is 1. The van der Waals surface area contributed by atoms with Gasteiger partial charge < -0.3 is 5.11 Å². The third kappa shape index (κ3) is 2.38. The standard InChI is InChI=1S/C19H20N4O3/c24-17-14-4-2-1-3-13(14)16(21-22-17)18(25)23-20-15-11-5-10-6-12(15)9-19(26,7-10)8-11/h1-4,10-12,26H,5-9H2,(H,22,24)(H,23,25)/t10?,11-,12+,19?. The maximum Gasteiger partial charge on any atom is 0.292 e. The predicted octanol–water partition coefficient (Wildman–Crippen LogP) is 1.58. The zero-order chi connectivity index (χ0) is 17.9. The van der Waals surface area contributed by atoms with Crippen molar-refractivity contribution in [3.8, 4) is 0 Å². The highest BCUT2D eigenvalue weighted by Gasteiger charge is 2.53. The minimum absolute atomic E-state index is 0.159. The maximum atomic E-state index is 12.6. The van der Waals surface area contributed by atoms with Crippen molar-refractivity contribution in [2.24, 2.45) is 22.9 Å². The van der Waals surface area contributed by atoms with Crippen molar-refractivity contribution < 1.29 is 9.90 Å². The highest BCUT2D eigenvalue weighted by molar-refractivity contribution is 6.05. The summed E-state index contributed by atoms with van der Waals surface area (Å²) in [5.74, 6) is 0.660. The number of carbonyl (C=O) groups is 1. The SMILES string of the molecule is O=C(NN=C1[C@@H]2CC3C[C@H]1CC(O)(C3)C2)c1n[nH]c(=O)c2ccccc12. The number of nitrogens with one attached hydrogen (secondary N) is 2. The molecule has 26 heavy (non-hydrogen) atoms. The Kier molecular flexibility index (Phi) is 3.31. The average Bonchev–Trinajstić information content (AvgIpc) is 2.60. The molecule has 4 saturated carbocycles. The molecule has 4 aliphatic rings. The van der Waals surface area contributed by atoms with E-state index in [0.717, 1.165) is 37.8 Å². The van der Waals surface area contributed by atoms with Gasteiger partial charge in [0, 0.05) is 22.9 Å². The van der Waals surface area contributed by atoms with E-state index in [1.165, 1.54) is 0 Å². The van der Waals surface area contributed by atoms with E-state index in [0.29, 0.717) is 16.7 Å². The number of carbonyl (C=O) groups excluding carboxylic acids is 1. The van der Waals surface area contributed by atoms with E-state index in [2.05, 4.69) is 20.7 Å². The number of hydrogen-bond donors (Lipinski definition) is 3. The summed E-state index contributed by atoms with van der Waals surface area (Å²) in [4.78, 5) is 24.5. The van der Waals surface area contributed by atoms with Gasteiger partial charge >= 0.3 is 0 Å². The van der Waals surface area contributed by atoms with E-state index in [4.69, 9.17) is 0 Å². The van der Waals surface area contributed by atoms with Crippen LogP contribution in [0.1, 0.15) is 42.6 Å². The molecule has 3 N–H and O–H groups in total. The molecular formula is C19H20N4O3. The highest BCUT2D eigenvalue weighted by atomic mass is 16.3. The molecule has 2 aromatic rings. The molecule has 0 saturated heterocycles. The van der Waals surface area contributed by atoms with Crippen molar-refractivity contribution in [3.63, 3.8) is 0 Å². The number of hydrogen-bond acceptors (Lipinski definition) is 5. The summed E-state index contributed by atoms with van der Waals surface area (Å²) in [6.45, 7) is 0. The van der Waals surface area contributed by atoms with Gasteiger partial charge in [0.15, 0.2) is 5.69 Å². The second-order valence-corrected chi connectivity index (χ2v) is 7.99. The summed E-state index contributed by atoms with van der Waals surface area (Å²) in [6, 6.07) is 6.89. The predicted molar refractivity (Wildman–Crippen MR) is 95.8 cm³/mol. The van der Waals surface area contributed by atoms with Gasteiger partial charge in [0.2, 0.25) is 0 Å². The molecule has 1 amide bonds. The molecule has 0 radical (unpaired) electrons. The van der Waals surface area contributed by atoms with Gasteiger partial charge in [-0.25, -0.2) is 10.5 Å². The van der Waals surface area contributed by atoms with Crippen molar-refractivity contribution in [2.45, 2.75) is 37.7 Å². The minimum atomic E-state index is -0.532. The number of aromatic amines is 1. The number of benzene rings is 1. The molecule has 6 rings (SSSR count). The zero-order valence-electron chi connectivity index (χ0n) is 14.2. The van der Waals surface area contributed by atoms with Gasteiger partial charge in [-0.3, -0.25) is 9.59 Å². The lowest BCUT2D eigenvalue weighted by molar-refractivity contribution is -0.0825. The Hall–Kier alpha value is -2.54. The largest absolute Gasteiger partial charge is 0.390 e. The first-order chi connectivity index (χ1) is 12.5. The molecule has 7 nitrogen and oxygen atoms in total. The molecule has 1 aromatic carbocycles. The van der Waals surface area contributed by atoms with Crippen LogP contribution in [0.15, 0.2) is 34.2 Å². The fraction of sp³-hybridized carbons (Fsp3) is 0.474. The van der Waals surface area contributed by atoms with Gasteiger partial charge in [-0.15, -0.1) is 0 Å². The van der Waals surface area contributed by atoms with Gasteiger partial charge in [0.1, 0.15) is 0 Å². The Labute approximate surface area is 149 Å². The van der Waals surface area contributed by atoms with Crippen LogP contribution in [0.25, 0.3) is 10.8 Å². The molecule has 4 bridgehead atoms. The number of amides is 1. The number of rotatable bonds is 2. The summed E-state index contributed by atoms with van der Waals surface area (Å²) in [7, 11) is 0. The second-order valence-electron chi connectivity index (χ2n) is 7.99. The number of nitrogens with zero attached hydrogens (tertiary/aromatic N) is 2. The molecule has 4 fully saturated rings. The van der Waals surface area contributed by atoms with E-state index < -0.39 is 11.5 Å². The molecule has 4 aliphatic carbocycles. The fourth-order valence-corrected chi connectivity index (χ4v) is 5.36. The van der Waals surface area contributed by atoms with Crippen LogP contribution in [0.4, 0.5) is 0 Å². The molecule has 1 heterocycles. The number of fused-ring (bicyclic) bond motifs is 1. The van der Waals surface area contributed by atoms with Crippen molar-refractivity contribution in [1.82, 2.24) is 15.6 Å². The molecular weight excluding hydrogens is 332 g/mol. The minimum Gasteiger partial charge on any atom is -0.390 e. The summed E-state index contributed by atoms with van der Waals surface area (Å²) in [6.07, 6.45) is 4.50. The maximum absolute atomic E-state index is 12.6. The van der Waals surface area contributed by atoms with Crippen LogP contribution in [0.2, 0.25) is 0 Å². The first-order valence-electron chi connectivity index (χ1n) is 9.10. The fourth-order valence-electron chi connectivity index (χ4n) is 5.36. The van der Waals surface area contributed by atoms with Gasteiger partial charge in [-0.05, 0) is 44.1 Å².